The SMILES string of the molecule is CCCCCCCCCCCCOCC(CN(CCO)C1CCC1)OCCCCCC(=O)OCC(CCCCCC)CCCCCCCC. The molecular formula is C43H85NO5. The first-order chi connectivity index (χ1) is 24.1. The normalized spacial score (nSPS) is 14.7. The Morgan fingerprint density at radius 3 is 1.71 bits per heavy atom. The highest BCUT2D eigenvalue weighted by molar-refractivity contribution is 5.69. The number of carbonyl (C=O) groups excluding carboxylic acids is 1. The first kappa shape index (κ1) is 46.3. The highest BCUT2D eigenvalue weighted by Gasteiger charge is 2.27. The van der Waals surface area contributed by atoms with Crippen molar-refractivity contribution in [3.05, 3.63) is 0 Å². The summed E-state index contributed by atoms with van der Waals surface area (Å²) < 4.78 is 18.3. The standard InChI is InChI=1S/C43H85NO5/c1-4-7-10-13-15-16-17-18-20-25-35-47-39-42(37-44(33-34-45)41-30-27-31-41)48-36-26-21-24-32-43(46)49-38-40(28-22-12-9-6-3)29-23-19-14-11-8-5-2/h40-42,45H,4-39H2,1-3H3. The molecule has 2 unspecified atom stereocenters. The third-order valence-corrected chi connectivity index (χ3v) is 10.7. The number of aliphatic hydroxyl groups is 1. The number of nitrogens with zero attached hydrogens (tertiary/aromatic N) is 1. The molecule has 6 nitrogen and oxygen atoms in total. The van der Waals surface area contributed by atoms with Gasteiger partial charge in [0.2, 0.25) is 0 Å². The maximum Gasteiger partial charge on any atom is 0.305 e. The van der Waals surface area contributed by atoms with Crippen LogP contribution in [0.3, 0.4) is 0 Å². The van der Waals surface area contributed by atoms with E-state index < -0.39 is 0 Å². The van der Waals surface area contributed by atoms with Crippen LogP contribution in [0, 0.1) is 5.92 Å². The van der Waals surface area contributed by atoms with Crippen molar-refractivity contribution in [1.82, 2.24) is 4.90 Å². The third-order valence-electron chi connectivity index (χ3n) is 10.7. The number of unbranched alkanes of at least 4 members (excludes halogenated alkanes) is 19. The monoisotopic (exact) mass is 696 g/mol. The van der Waals surface area contributed by atoms with Crippen molar-refractivity contribution in [2.75, 3.05) is 46.1 Å². The molecule has 0 amide bonds. The molecule has 0 aromatic carbocycles. The molecule has 1 aliphatic rings. The van der Waals surface area contributed by atoms with Crippen LogP contribution in [0.5, 0.6) is 0 Å². The number of hydrogen-bond donors (Lipinski definition) is 1. The van der Waals surface area contributed by atoms with Crippen LogP contribution in [0.1, 0.15) is 207 Å². The van der Waals surface area contributed by atoms with Crippen LogP contribution in [-0.4, -0.2) is 74.2 Å². The molecule has 1 saturated carbocycles. The Labute approximate surface area is 305 Å². The molecule has 2 atom stereocenters. The predicted molar refractivity (Wildman–Crippen MR) is 208 cm³/mol. The summed E-state index contributed by atoms with van der Waals surface area (Å²) in [5, 5.41) is 9.67. The second-order valence-corrected chi connectivity index (χ2v) is 15.3. The molecule has 292 valence electrons. The van der Waals surface area contributed by atoms with E-state index in [-0.39, 0.29) is 18.7 Å². The predicted octanol–water partition coefficient (Wildman–Crippen LogP) is 11.6. The van der Waals surface area contributed by atoms with Crippen molar-refractivity contribution in [2.45, 2.75) is 219 Å². The van der Waals surface area contributed by atoms with Gasteiger partial charge in [0, 0.05) is 38.8 Å². The smallest absolute Gasteiger partial charge is 0.305 e. The number of hydrogen-bond acceptors (Lipinski definition) is 6. The highest BCUT2D eigenvalue weighted by atomic mass is 16.5. The van der Waals surface area contributed by atoms with E-state index in [1.54, 1.807) is 0 Å². The van der Waals surface area contributed by atoms with Crippen LogP contribution in [0.2, 0.25) is 0 Å². The Bertz CT molecular complexity index is 687. The summed E-state index contributed by atoms with van der Waals surface area (Å²) in [6, 6.07) is 0.577. The van der Waals surface area contributed by atoms with Crippen molar-refractivity contribution >= 4 is 5.97 Å². The lowest BCUT2D eigenvalue weighted by Gasteiger charge is -2.39. The fourth-order valence-corrected chi connectivity index (χ4v) is 7.09. The van der Waals surface area contributed by atoms with E-state index in [1.165, 1.54) is 154 Å². The van der Waals surface area contributed by atoms with Gasteiger partial charge in [-0.2, -0.15) is 0 Å². The summed E-state index contributed by atoms with van der Waals surface area (Å²) in [4.78, 5) is 15.0. The summed E-state index contributed by atoms with van der Waals surface area (Å²) in [6.45, 7) is 11.3. The quantitative estimate of drug-likeness (QED) is 0.0510. The van der Waals surface area contributed by atoms with E-state index >= 15 is 0 Å². The number of carbonyl (C=O) groups is 1. The molecule has 0 aromatic heterocycles. The van der Waals surface area contributed by atoms with Gasteiger partial charge in [-0.3, -0.25) is 9.69 Å². The van der Waals surface area contributed by atoms with Crippen molar-refractivity contribution in [1.29, 1.82) is 0 Å². The largest absolute Gasteiger partial charge is 0.465 e. The van der Waals surface area contributed by atoms with Crippen molar-refractivity contribution < 1.29 is 24.1 Å². The summed E-state index contributed by atoms with van der Waals surface area (Å²) in [5.41, 5.74) is 0. The highest BCUT2D eigenvalue weighted by Crippen LogP contribution is 2.25. The minimum Gasteiger partial charge on any atom is -0.465 e. The number of rotatable bonds is 39. The molecule has 0 saturated heterocycles. The minimum absolute atomic E-state index is 0.0270. The lowest BCUT2D eigenvalue weighted by atomic mass is 9.91. The Morgan fingerprint density at radius 2 is 1.16 bits per heavy atom. The molecule has 1 aliphatic carbocycles. The fraction of sp³-hybridized carbons (Fsp3) is 0.977. The van der Waals surface area contributed by atoms with E-state index in [2.05, 4.69) is 25.7 Å². The lowest BCUT2D eigenvalue weighted by molar-refractivity contribution is -0.145. The van der Waals surface area contributed by atoms with E-state index in [4.69, 9.17) is 14.2 Å². The lowest BCUT2D eigenvalue weighted by Crippen LogP contribution is -2.47. The second kappa shape index (κ2) is 35.7. The molecular weight excluding hydrogens is 610 g/mol. The number of ether oxygens (including phenoxy) is 3. The molecule has 0 radical (unpaired) electrons. The number of esters is 1. The van der Waals surface area contributed by atoms with Gasteiger partial charge in [-0.15, -0.1) is 0 Å². The zero-order chi connectivity index (χ0) is 35.5. The van der Waals surface area contributed by atoms with Crippen molar-refractivity contribution in [3.8, 4) is 0 Å². The molecule has 0 spiro atoms. The fourth-order valence-electron chi connectivity index (χ4n) is 7.09. The van der Waals surface area contributed by atoms with E-state index in [0.29, 0.717) is 44.7 Å². The van der Waals surface area contributed by atoms with Gasteiger partial charge in [0.1, 0.15) is 0 Å². The number of aliphatic hydroxyl groups excluding tert-OH is 1. The van der Waals surface area contributed by atoms with Crippen LogP contribution in [0.25, 0.3) is 0 Å². The average molecular weight is 696 g/mol. The third kappa shape index (κ3) is 28.6. The minimum atomic E-state index is -0.0270. The molecule has 6 heteroatoms. The van der Waals surface area contributed by atoms with Crippen molar-refractivity contribution in [2.24, 2.45) is 5.92 Å². The van der Waals surface area contributed by atoms with Gasteiger partial charge in [0.15, 0.2) is 0 Å². The molecule has 0 aliphatic heterocycles. The van der Waals surface area contributed by atoms with Gasteiger partial charge < -0.3 is 19.3 Å². The first-order valence-corrected chi connectivity index (χ1v) is 21.8. The van der Waals surface area contributed by atoms with E-state index in [0.717, 1.165) is 38.8 Å². The Balaban J connectivity index is 2.30. The Kier molecular flexibility index (Phi) is 33.8. The molecule has 49 heavy (non-hydrogen) atoms. The molecule has 1 fully saturated rings. The summed E-state index contributed by atoms with van der Waals surface area (Å²) in [6.07, 6.45) is 35.8. The maximum absolute atomic E-state index is 12.6. The second-order valence-electron chi connectivity index (χ2n) is 15.3. The van der Waals surface area contributed by atoms with E-state index in [1.807, 2.05) is 0 Å². The van der Waals surface area contributed by atoms with Gasteiger partial charge in [0.25, 0.3) is 0 Å². The van der Waals surface area contributed by atoms with Gasteiger partial charge >= 0.3 is 5.97 Å². The zero-order valence-electron chi connectivity index (χ0n) is 33.2. The van der Waals surface area contributed by atoms with Crippen LogP contribution in [0.4, 0.5) is 0 Å². The van der Waals surface area contributed by atoms with Gasteiger partial charge in [-0.1, -0.05) is 156 Å². The van der Waals surface area contributed by atoms with Gasteiger partial charge in [0.05, 0.1) is 25.9 Å². The molecule has 1 N–H and O–H groups in total. The first-order valence-electron chi connectivity index (χ1n) is 21.8. The molecule has 1 rings (SSSR count). The molecule has 0 aromatic rings. The Morgan fingerprint density at radius 1 is 0.653 bits per heavy atom. The topological polar surface area (TPSA) is 68.2 Å². The maximum atomic E-state index is 12.6. The summed E-state index contributed by atoms with van der Waals surface area (Å²) in [5.74, 6) is 0.496. The van der Waals surface area contributed by atoms with Crippen LogP contribution >= 0.6 is 0 Å². The average Bonchev–Trinajstić information content (AvgIpc) is 3.07. The Hall–Kier alpha value is -0.690. The van der Waals surface area contributed by atoms with Crippen molar-refractivity contribution in [3.63, 3.8) is 0 Å². The summed E-state index contributed by atoms with van der Waals surface area (Å²) in [7, 11) is 0. The van der Waals surface area contributed by atoms with Crippen LogP contribution in [0.15, 0.2) is 0 Å². The molecule has 0 heterocycles. The van der Waals surface area contributed by atoms with Crippen LogP contribution < -0.4 is 0 Å². The van der Waals surface area contributed by atoms with E-state index in [9.17, 15) is 9.90 Å². The zero-order valence-corrected chi connectivity index (χ0v) is 33.2. The van der Waals surface area contributed by atoms with Gasteiger partial charge in [-0.25, -0.2) is 0 Å². The van der Waals surface area contributed by atoms with Crippen LogP contribution in [-0.2, 0) is 19.0 Å². The summed E-state index contributed by atoms with van der Waals surface area (Å²) >= 11 is 0. The molecule has 0 bridgehead atoms. The van der Waals surface area contributed by atoms with Gasteiger partial charge in [-0.05, 0) is 50.9 Å².